The third-order valence-electron chi connectivity index (χ3n) is 4.95. The smallest absolute Gasteiger partial charge is 0.120 e. The largest absolute Gasteiger partial charge is 0.370 e. The summed E-state index contributed by atoms with van der Waals surface area (Å²) in [5.74, 6) is 1.57. The number of aromatic nitrogens is 3. The summed E-state index contributed by atoms with van der Waals surface area (Å²) in [4.78, 5) is 17.2. The minimum absolute atomic E-state index is 0.530. The molecule has 26 heavy (non-hydrogen) atoms. The Balaban J connectivity index is 1.52. The van der Waals surface area contributed by atoms with Gasteiger partial charge in [-0.05, 0) is 36.6 Å². The first kappa shape index (κ1) is 16.8. The lowest BCUT2D eigenvalue weighted by Gasteiger charge is -2.26. The predicted octanol–water partition coefficient (Wildman–Crippen LogP) is 2.99. The fourth-order valence-electron chi connectivity index (χ4n) is 3.74. The topological polar surface area (TPSA) is 48.0 Å². The van der Waals surface area contributed by atoms with Crippen LogP contribution in [0.25, 0.3) is 0 Å². The van der Waals surface area contributed by atoms with Crippen molar-refractivity contribution in [1.29, 1.82) is 0 Å². The number of nitrogens with one attached hydrogen (secondary N) is 1. The molecule has 1 aromatic carbocycles. The number of nitrogens with zero attached hydrogens (tertiary/aromatic N) is 4. The Morgan fingerprint density at radius 2 is 1.81 bits per heavy atom. The normalized spacial score (nSPS) is 18.6. The average Bonchev–Trinajstić information content (AvgIpc) is 3.11. The van der Waals surface area contributed by atoms with Gasteiger partial charge in [0.15, 0.2) is 0 Å². The van der Waals surface area contributed by atoms with Crippen molar-refractivity contribution in [3.63, 3.8) is 0 Å². The molecule has 1 aliphatic rings. The van der Waals surface area contributed by atoms with Gasteiger partial charge in [0.1, 0.15) is 5.82 Å². The van der Waals surface area contributed by atoms with E-state index in [2.05, 4.69) is 67.2 Å². The zero-order valence-corrected chi connectivity index (χ0v) is 15.0. The molecule has 1 atom stereocenters. The molecule has 5 heteroatoms. The molecule has 3 aromatic rings. The highest BCUT2D eigenvalue weighted by molar-refractivity contribution is 5.46. The summed E-state index contributed by atoms with van der Waals surface area (Å²) in [5.41, 5.74) is 2.48. The molecule has 4 rings (SSSR count). The quantitative estimate of drug-likeness (QED) is 0.771. The van der Waals surface area contributed by atoms with E-state index in [1.165, 1.54) is 11.4 Å². The zero-order valence-electron chi connectivity index (χ0n) is 15.0. The van der Waals surface area contributed by atoms with E-state index >= 15 is 0 Å². The fraction of sp³-hybridized carbons (Fsp3) is 0.333. The van der Waals surface area contributed by atoms with Crippen molar-refractivity contribution < 1.29 is 0 Å². The second-order valence-corrected chi connectivity index (χ2v) is 6.94. The van der Waals surface area contributed by atoms with Crippen LogP contribution in [0.5, 0.6) is 0 Å². The number of rotatable bonds is 5. The standard InChI is InChI=1S/C21H25N5/c1-2-7-20(8-3-1)26-13-12-25(17-21-23-10-11-24-21)15-18(16-26)14-19-6-4-5-9-22-19/h1-11,18H,12-17H2,(H,23,24)/t18-/m0/s1. The van der Waals surface area contributed by atoms with Gasteiger partial charge in [-0.3, -0.25) is 9.88 Å². The van der Waals surface area contributed by atoms with Crippen LogP contribution in [0.2, 0.25) is 0 Å². The average molecular weight is 347 g/mol. The maximum atomic E-state index is 4.55. The van der Waals surface area contributed by atoms with Gasteiger partial charge < -0.3 is 9.88 Å². The summed E-state index contributed by atoms with van der Waals surface area (Å²) in [7, 11) is 0. The molecule has 5 nitrogen and oxygen atoms in total. The van der Waals surface area contributed by atoms with E-state index < -0.39 is 0 Å². The molecule has 0 saturated carbocycles. The van der Waals surface area contributed by atoms with Gasteiger partial charge in [-0.25, -0.2) is 4.98 Å². The number of aromatic amines is 1. The summed E-state index contributed by atoms with van der Waals surface area (Å²) in [6.07, 6.45) is 6.62. The summed E-state index contributed by atoms with van der Waals surface area (Å²) < 4.78 is 0. The summed E-state index contributed by atoms with van der Waals surface area (Å²) in [5, 5.41) is 0. The van der Waals surface area contributed by atoms with Crippen LogP contribution in [-0.2, 0) is 13.0 Å². The van der Waals surface area contributed by atoms with Crippen molar-refractivity contribution in [1.82, 2.24) is 19.9 Å². The molecule has 3 heterocycles. The van der Waals surface area contributed by atoms with Gasteiger partial charge in [-0.1, -0.05) is 24.3 Å². The first-order valence-corrected chi connectivity index (χ1v) is 9.27. The van der Waals surface area contributed by atoms with E-state index in [0.29, 0.717) is 5.92 Å². The van der Waals surface area contributed by atoms with Crippen LogP contribution < -0.4 is 4.90 Å². The number of pyridine rings is 1. The van der Waals surface area contributed by atoms with Crippen molar-refractivity contribution in [2.45, 2.75) is 13.0 Å². The van der Waals surface area contributed by atoms with Crippen LogP contribution in [0.3, 0.4) is 0 Å². The van der Waals surface area contributed by atoms with Crippen molar-refractivity contribution >= 4 is 5.69 Å². The number of H-pyrrole nitrogens is 1. The molecular weight excluding hydrogens is 322 g/mol. The minimum Gasteiger partial charge on any atom is -0.370 e. The highest BCUT2D eigenvalue weighted by Gasteiger charge is 2.24. The molecule has 0 unspecified atom stereocenters. The number of para-hydroxylation sites is 1. The van der Waals surface area contributed by atoms with Crippen LogP contribution in [0, 0.1) is 5.92 Å². The van der Waals surface area contributed by atoms with Gasteiger partial charge in [0.05, 0.1) is 6.54 Å². The van der Waals surface area contributed by atoms with Crippen LogP contribution in [0.1, 0.15) is 11.5 Å². The lowest BCUT2D eigenvalue weighted by atomic mass is 10.0. The van der Waals surface area contributed by atoms with E-state index in [-0.39, 0.29) is 0 Å². The van der Waals surface area contributed by atoms with E-state index in [0.717, 1.165) is 45.0 Å². The van der Waals surface area contributed by atoms with Gasteiger partial charge in [-0.2, -0.15) is 0 Å². The molecule has 0 spiro atoms. The van der Waals surface area contributed by atoms with Gasteiger partial charge in [-0.15, -0.1) is 0 Å². The Bertz CT molecular complexity index is 773. The molecule has 1 N–H and O–H groups in total. The molecule has 1 fully saturated rings. The van der Waals surface area contributed by atoms with Gasteiger partial charge in [0, 0.05) is 56.2 Å². The van der Waals surface area contributed by atoms with Gasteiger partial charge in [0.25, 0.3) is 0 Å². The SMILES string of the molecule is c1ccc(N2CCN(Cc3ncc[nH]3)C[C@H](Cc3ccccn3)C2)cc1. The fourth-order valence-corrected chi connectivity index (χ4v) is 3.74. The minimum atomic E-state index is 0.530. The van der Waals surface area contributed by atoms with Crippen molar-refractivity contribution in [3.8, 4) is 0 Å². The Hall–Kier alpha value is -2.66. The predicted molar refractivity (Wildman–Crippen MR) is 104 cm³/mol. The molecule has 0 bridgehead atoms. The van der Waals surface area contributed by atoms with Gasteiger partial charge in [0.2, 0.25) is 0 Å². The first-order chi connectivity index (χ1) is 12.9. The number of imidazole rings is 1. The molecule has 0 radical (unpaired) electrons. The molecular formula is C21H25N5. The first-order valence-electron chi connectivity index (χ1n) is 9.27. The Morgan fingerprint density at radius 1 is 0.923 bits per heavy atom. The lowest BCUT2D eigenvalue weighted by Crippen LogP contribution is -2.31. The molecule has 1 saturated heterocycles. The maximum Gasteiger partial charge on any atom is 0.120 e. The van der Waals surface area contributed by atoms with Gasteiger partial charge >= 0.3 is 0 Å². The third-order valence-corrected chi connectivity index (χ3v) is 4.95. The number of hydrogen-bond donors (Lipinski definition) is 1. The van der Waals surface area contributed by atoms with Crippen LogP contribution >= 0.6 is 0 Å². The van der Waals surface area contributed by atoms with Crippen molar-refractivity contribution in [2.24, 2.45) is 5.92 Å². The van der Waals surface area contributed by atoms with Crippen LogP contribution in [0.15, 0.2) is 67.1 Å². The second-order valence-electron chi connectivity index (χ2n) is 6.94. The second kappa shape index (κ2) is 8.15. The number of hydrogen-bond acceptors (Lipinski definition) is 4. The van der Waals surface area contributed by atoms with E-state index in [9.17, 15) is 0 Å². The van der Waals surface area contributed by atoms with Crippen LogP contribution in [0.4, 0.5) is 5.69 Å². The monoisotopic (exact) mass is 347 g/mol. The molecule has 0 amide bonds. The highest BCUT2D eigenvalue weighted by atomic mass is 15.2. The molecule has 1 aliphatic heterocycles. The summed E-state index contributed by atoms with van der Waals surface area (Å²) in [6.45, 7) is 5.04. The Kier molecular flexibility index (Phi) is 5.26. The zero-order chi connectivity index (χ0) is 17.6. The lowest BCUT2D eigenvalue weighted by molar-refractivity contribution is 0.243. The van der Waals surface area contributed by atoms with E-state index in [1.54, 1.807) is 0 Å². The Morgan fingerprint density at radius 3 is 2.58 bits per heavy atom. The van der Waals surface area contributed by atoms with Crippen molar-refractivity contribution in [3.05, 3.63) is 78.6 Å². The maximum absolute atomic E-state index is 4.55. The Labute approximate surface area is 154 Å². The van der Waals surface area contributed by atoms with Crippen molar-refractivity contribution in [2.75, 3.05) is 31.1 Å². The molecule has 0 aliphatic carbocycles. The van der Waals surface area contributed by atoms with Crippen LogP contribution in [-0.4, -0.2) is 46.0 Å². The van der Waals surface area contributed by atoms with E-state index in [4.69, 9.17) is 0 Å². The summed E-state index contributed by atoms with van der Waals surface area (Å²) in [6, 6.07) is 16.9. The summed E-state index contributed by atoms with van der Waals surface area (Å²) >= 11 is 0. The van der Waals surface area contributed by atoms with E-state index in [1.807, 2.05) is 24.7 Å². The number of anilines is 1. The highest BCUT2D eigenvalue weighted by Crippen LogP contribution is 2.21. The molecule has 2 aromatic heterocycles. The number of benzene rings is 1. The third kappa shape index (κ3) is 4.29. The molecule has 134 valence electrons.